The van der Waals surface area contributed by atoms with Gasteiger partial charge in [-0.25, -0.2) is 0 Å². The Morgan fingerprint density at radius 3 is 2.50 bits per heavy atom. The molecule has 0 fully saturated rings. The molecule has 0 spiro atoms. The molecule has 6 nitrogen and oxygen atoms in total. The summed E-state index contributed by atoms with van der Waals surface area (Å²) in [6, 6.07) is 12.0. The number of aliphatic hydroxyl groups is 1. The number of nitrogens with zero attached hydrogens (tertiary/aromatic N) is 2. The SMILES string of the molecule is CCC(CC)c1cc(CNC(=NC)NCC(CO)c2ccccc2)on1. The summed E-state index contributed by atoms with van der Waals surface area (Å²) in [5, 5.41) is 20.3. The largest absolute Gasteiger partial charge is 0.396 e. The van der Waals surface area contributed by atoms with E-state index in [1.54, 1.807) is 7.05 Å². The smallest absolute Gasteiger partial charge is 0.191 e. The molecule has 0 amide bonds. The van der Waals surface area contributed by atoms with E-state index in [1.165, 1.54) is 0 Å². The standard InChI is InChI=1S/C20H30N4O2/c1-4-15(5-2)19-11-18(26-24-19)13-23-20(21-3)22-12-17(14-25)16-9-7-6-8-10-16/h6-11,15,17,25H,4-5,12-14H2,1-3H3,(H2,21,22,23). The van der Waals surface area contributed by atoms with E-state index in [0.717, 1.165) is 29.9 Å². The topological polar surface area (TPSA) is 82.7 Å². The number of rotatable bonds is 9. The van der Waals surface area contributed by atoms with Crippen LogP contribution in [0.4, 0.5) is 0 Å². The van der Waals surface area contributed by atoms with Crippen LogP contribution in [0.2, 0.25) is 0 Å². The molecule has 142 valence electrons. The summed E-state index contributed by atoms with van der Waals surface area (Å²) >= 11 is 0. The van der Waals surface area contributed by atoms with Gasteiger partial charge in [0.1, 0.15) is 0 Å². The van der Waals surface area contributed by atoms with E-state index < -0.39 is 0 Å². The summed E-state index contributed by atoms with van der Waals surface area (Å²) in [5.74, 6) is 1.92. The highest BCUT2D eigenvalue weighted by molar-refractivity contribution is 5.79. The van der Waals surface area contributed by atoms with Gasteiger partial charge in [-0.05, 0) is 18.4 Å². The van der Waals surface area contributed by atoms with E-state index >= 15 is 0 Å². The molecule has 2 aromatic rings. The molecule has 1 atom stereocenters. The molecular formula is C20H30N4O2. The fourth-order valence-electron chi connectivity index (χ4n) is 2.94. The van der Waals surface area contributed by atoms with Crippen LogP contribution >= 0.6 is 0 Å². The predicted molar refractivity (Wildman–Crippen MR) is 104 cm³/mol. The zero-order valence-corrected chi connectivity index (χ0v) is 15.9. The third kappa shape index (κ3) is 5.59. The maximum atomic E-state index is 9.65. The minimum absolute atomic E-state index is 0.0153. The Balaban J connectivity index is 1.86. The molecule has 0 aliphatic carbocycles. The van der Waals surface area contributed by atoms with Crippen LogP contribution in [0.5, 0.6) is 0 Å². The maximum absolute atomic E-state index is 9.65. The first kappa shape index (κ1) is 20.0. The number of hydrogen-bond acceptors (Lipinski definition) is 4. The Hall–Kier alpha value is -2.34. The molecule has 1 aromatic carbocycles. The molecule has 3 N–H and O–H groups in total. The third-order valence-corrected chi connectivity index (χ3v) is 4.64. The van der Waals surface area contributed by atoms with Crippen molar-refractivity contribution in [3.05, 3.63) is 53.4 Å². The zero-order valence-electron chi connectivity index (χ0n) is 15.9. The second-order valence-corrected chi connectivity index (χ2v) is 6.33. The summed E-state index contributed by atoms with van der Waals surface area (Å²) in [5.41, 5.74) is 2.11. The van der Waals surface area contributed by atoms with Crippen molar-refractivity contribution < 1.29 is 9.63 Å². The van der Waals surface area contributed by atoms with Gasteiger partial charge < -0.3 is 20.3 Å². The van der Waals surface area contributed by atoms with Gasteiger partial charge in [0.25, 0.3) is 0 Å². The lowest BCUT2D eigenvalue weighted by Gasteiger charge is -2.17. The lowest BCUT2D eigenvalue weighted by Crippen LogP contribution is -2.39. The first-order valence-electron chi connectivity index (χ1n) is 9.27. The van der Waals surface area contributed by atoms with E-state index in [0.29, 0.717) is 25.0 Å². The summed E-state index contributed by atoms with van der Waals surface area (Å²) in [6.45, 7) is 5.51. The molecule has 1 aromatic heterocycles. The third-order valence-electron chi connectivity index (χ3n) is 4.64. The van der Waals surface area contributed by atoms with Crippen LogP contribution in [-0.2, 0) is 6.54 Å². The fourth-order valence-corrected chi connectivity index (χ4v) is 2.94. The normalized spacial score (nSPS) is 13.0. The van der Waals surface area contributed by atoms with Gasteiger partial charge in [-0.1, -0.05) is 49.3 Å². The number of nitrogens with one attached hydrogen (secondary N) is 2. The lowest BCUT2D eigenvalue weighted by atomic mass is 9.99. The van der Waals surface area contributed by atoms with Crippen molar-refractivity contribution in [2.75, 3.05) is 20.2 Å². The number of aliphatic hydroxyl groups excluding tert-OH is 1. The number of benzene rings is 1. The Morgan fingerprint density at radius 1 is 1.15 bits per heavy atom. The van der Waals surface area contributed by atoms with Crippen LogP contribution in [0, 0.1) is 0 Å². The van der Waals surface area contributed by atoms with Crippen molar-refractivity contribution in [1.29, 1.82) is 0 Å². The highest BCUT2D eigenvalue weighted by Gasteiger charge is 2.14. The van der Waals surface area contributed by atoms with Crippen molar-refractivity contribution in [2.45, 2.75) is 45.1 Å². The molecule has 2 rings (SSSR count). The average Bonchev–Trinajstić information content (AvgIpc) is 3.15. The monoisotopic (exact) mass is 358 g/mol. The molecule has 1 heterocycles. The van der Waals surface area contributed by atoms with Crippen LogP contribution in [0.1, 0.15) is 55.5 Å². The maximum Gasteiger partial charge on any atom is 0.191 e. The van der Waals surface area contributed by atoms with E-state index in [9.17, 15) is 5.11 Å². The van der Waals surface area contributed by atoms with Crippen LogP contribution in [-0.4, -0.2) is 36.4 Å². The summed E-state index contributed by atoms with van der Waals surface area (Å²) in [4.78, 5) is 4.23. The summed E-state index contributed by atoms with van der Waals surface area (Å²) < 4.78 is 5.42. The number of aliphatic imine (C=N–C) groups is 1. The molecule has 6 heteroatoms. The van der Waals surface area contributed by atoms with E-state index in [2.05, 4.69) is 34.6 Å². The number of aromatic nitrogens is 1. The van der Waals surface area contributed by atoms with Gasteiger partial charge in [0.15, 0.2) is 11.7 Å². The second-order valence-electron chi connectivity index (χ2n) is 6.33. The van der Waals surface area contributed by atoms with Crippen molar-refractivity contribution in [3.8, 4) is 0 Å². The molecule has 1 unspecified atom stereocenters. The Kier molecular flexibility index (Phi) is 8.15. The highest BCUT2D eigenvalue weighted by Crippen LogP contribution is 2.22. The minimum atomic E-state index is 0.0153. The van der Waals surface area contributed by atoms with Gasteiger partial charge in [0.05, 0.1) is 18.8 Å². The average molecular weight is 358 g/mol. The van der Waals surface area contributed by atoms with Crippen molar-refractivity contribution in [2.24, 2.45) is 4.99 Å². The molecule has 26 heavy (non-hydrogen) atoms. The van der Waals surface area contributed by atoms with Crippen LogP contribution in [0.25, 0.3) is 0 Å². The minimum Gasteiger partial charge on any atom is -0.396 e. The second kappa shape index (κ2) is 10.6. The molecule has 0 aliphatic rings. The van der Waals surface area contributed by atoms with Crippen LogP contribution < -0.4 is 10.6 Å². The first-order chi connectivity index (χ1) is 12.7. The number of guanidine groups is 1. The van der Waals surface area contributed by atoms with Crippen molar-refractivity contribution in [1.82, 2.24) is 15.8 Å². The zero-order chi connectivity index (χ0) is 18.8. The fraction of sp³-hybridized carbons (Fsp3) is 0.500. The molecule has 0 aliphatic heterocycles. The van der Waals surface area contributed by atoms with Gasteiger partial charge in [-0.15, -0.1) is 0 Å². The van der Waals surface area contributed by atoms with Gasteiger partial charge >= 0.3 is 0 Å². The summed E-state index contributed by atoms with van der Waals surface area (Å²) in [6.07, 6.45) is 2.11. The molecule has 0 radical (unpaired) electrons. The van der Waals surface area contributed by atoms with Gasteiger partial charge in [-0.3, -0.25) is 4.99 Å². The van der Waals surface area contributed by atoms with Crippen molar-refractivity contribution >= 4 is 5.96 Å². The van der Waals surface area contributed by atoms with E-state index in [4.69, 9.17) is 4.52 Å². The molecular weight excluding hydrogens is 328 g/mol. The Labute approximate surface area is 155 Å². The molecule has 0 bridgehead atoms. The van der Waals surface area contributed by atoms with Crippen LogP contribution in [0.3, 0.4) is 0 Å². The predicted octanol–water partition coefficient (Wildman–Crippen LogP) is 3.02. The number of hydrogen-bond donors (Lipinski definition) is 3. The Morgan fingerprint density at radius 2 is 1.88 bits per heavy atom. The highest BCUT2D eigenvalue weighted by atomic mass is 16.5. The first-order valence-corrected chi connectivity index (χ1v) is 9.27. The molecule has 0 saturated carbocycles. The van der Waals surface area contributed by atoms with Gasteiger partial charge in [0, 0.05) is 31.5 Å². The van der Waals surface area contributed by atoms with Crippen LogP contribution in [0.15, 0.2) is 45.9 Å². The summed E-state index contributed by atoms with van der Waals surface area (Å²) in [7, 11) is 1.72. The quantitative estimate of drug-likeness (QED) is 0.474. The lowest BCUT2D eigenvalue weighted by molar-refractivity contribution is 0.265. The van der Waals surface area contributed by atoms with Gasteiger partial charge in [0.2, 0.25) is 0 Å². The van der Waals surface area contributed by atoms with E-state index in [1.807, 2.05) is 36.4 Å². The van der Waals surface area contributed by atoms with E-state index in [-0.39, 0.29) is 12.5 Å². The van der Waals surface area contributed by atoms with Crippen molar-refractivity contribution in [3.63, 3.8) is 0 Å². The Bertz CT molecular complexity index is 665. The molecule has 0 saturated heterocycles. The van der Waals surface area contributed by atoms with Gasteiger partial charge in [-0.2, -0.15) is 0 Å².